The van der Waals surface area contributed by atoms with E-state index in [0.717, 1.165) is 50.4 Å². The molecule has 0 rings (SSSR count). The van der Waals surface area contributed by atoms with Gasteiger partial charge in [0, 0.05) is 11.5 Å². The molecule has 0 saturated heterocycles. The van der Waals surface area contributed by atoms with Crippen LogP contribution in [0.4, 0.5) is 0 Å². The lowest BCUT2D eigenvalue weighted by Crippen LogP contribution is -2.07. The molecule has 0 aromatic heterocycles. The lowest BCUT2D eigenvalue weighted by molar-refractivity contribution is 0.167. The molecular weight excluding hydrogens is 344 g/mol. The monoisotopic (exact) mass is 370 g/mol. The fourth-order valence-electron chi connectivity index (χ4n) is 1.15. The van der Waals surface area contributed by atoms with Crippen molar-refractivity contribution < 1.29 is 14.2 Å². The Hall–Kier alpha value is 0.440. The van der Waals surface area contributed by atoms with Crippen LogP contribution in [-0.4, -0.2) is 46.7 Å². The van der Waals surface area contributed by atoms with Crippen LogP contribution in [-0.2, 0) is 14.2 Å². The minimum atomic E-state index is 0.618. The Kier molecular flexibility index (Phi) is 17.2. The van der Waals surface area contributed by atoms with E-state index in [4.69, 9.17) is 38.6 Å². The van der Waals surface area contributed by atoms with Crippen LogP contribution in [0.25, 0.3) is 0 Å². The van der Waals surface area contributed by atoms with Crippen LogP contribution >= 0.6 is 48.0 Å². The van der Waals surface area contributed by atoms with E-state index in [0.29, 0.717) is 22.0 Å². The Labute approximate surface area is 148 Å². The second-order valence-electron chi connectivity index (χ2n) is 4.21. The smallest absolute Gasteiger partial charge is 0.220 e. The normalized spacial score (nSPS) is 10.4. The second kappa shape index (κ2) is 16.8. The Bertz CT molecular complexity index is 249. The molecule has 0 fully saturated rings. The maximum Gasteiger partial charge on any atom is 0.220 e. The molecule has 0 unspecified atom stereocenters. The highest BCUT2D eigenvalue weighted by Crippen LogP contribution is 2.08. The summed E-state index contributed by atoms with van der Waals surface area (Å²) in [6.07, 6.45) is 4.35. The van der Waals surface area contributed by atoms with E-state index in [-0.39, 0.29) is 0 Å². The molecule has 0 aliphatic heterocycles. The van der Waals surface area contributed by atoms with Crippen molar-refractivity contribution in [1.29, 1.82) is 0 Å². The molecule has 0 aromatic rings. The van der Waals surface area contributed by atoms with E-state index in [1.54, 1.807) is 0 Å². The molecule has 0 aromatic carbocycles. The van der Waals surface area contributed by atoms with Gasteiger partial charge in [-0.2, -0.15) is 0 Å². The minimum Gasteiger partial charge on any atom is -0.479 e. The first-order chi connectivity index (χ1) is 10.2. The van der Waals surface area contributed by atoms with Crippen molar-refractivity contribution in [3.63, 3.8) is 0 Å². The third kappa shape index (κ3) is 16.6. The van der Waals surface area contributed by atoms with Gasteiger partial charge >= 0.3 is 0 Å². The molecule has 0 atom stereocenters. The van der Waals surface area contributed by atoms with Gasteiger partial charge in [0.25, 0.3) is 0 Å². The Morgan fingerprint density at radius 3 is 1.57 bits per heavy atom. The summed E-state index contributed by atoms with van der Waals surface area (Å²) in [5, 5.41) is 0. The summed E-state index contributed by atoms with van der Waals surface area (Å²) in [6, 6.07) is 0. The molecule has 7 heteroatoms. The zero-order valence-electron chi connectivity index (χ0n) is 12.9. The van der Waals surface area contributed by atoms with Gasteiger partial charge in [0.2, 0.25) is 8.77 Å². The van der Waals surface area contributed by atoms with Crippen molar-refractivity contribution >= 4 is 56.7 Å². The molecule has 0 saturated carbocycles. The molecule has 0 radical (unpaired) electrons. The third-order valence-electron chi connectivity index (χ3n) is 2.33. The van der Waals surface area contributed by atoms with Crippen molar-refractivity contribution in [2.24, 2.45) is 0 Å². The van der Waals surface area contributed by atoms with Crippen LogP contribution in [0.3, 0.4) is 0 Å². The topological polar surface area (TPSA) is 27.7 Å². The van der Waals surface area contributed by atoms with E-state index in [1.165, 1.54) is 23.5 Å². The predicted octanol–water partition coefficient (Wildman–Crippen LogP) is 4.67. The van der Waals surface area contributed by atoms with E-state index in [2.05, 4.69) is 13.8 Å². The van der Waals surface area contributed by atoms with Gasteiger partial charge in [-0.15, -0.1) is 0 Å². The number of rotatable bonds is 12. The van der Waals surface area contributed by atoms with Gasteiger partial charge in [-0.25, -0.2) is 0 Å². The van der Waals surface area contributed by atoms with Crippen molar-refractivity contribution in [2.45, 2.75) is 39.5 Å². The molecule has 21 heavy (non-hydrogen) atoms. The van der Waals surface area contributed by atoms with Crippen molar-refractivity contribution in [3.05, 3.63) is 0 Å². The summed E-state index contributed by atoms with van der Waals surface area (Å²) >= 11 is 13.3. The summed E-state index contributed by atoms with van der Waals surface area (Å²) in [5.74, 6) is 1.65. The zero-order valence-corrected chi connectivity index (χ0v) is 16.2. The van der Waals surface area contributed by atoms with Crippen LogP contribution < -0.4 is 0 Å². The lowest BCUT2D eigenvalue weighted by Gasteiger charge is -2.07. The van der Waals surface area contributed by atoms with E-state index in [1.807, 2.05) is 0 Å². The molecule has 0 aliphatic carbocycles. The highest BCUT2D eigenvalue weighted by molar-refractivity contribution is 8.22. The molecule has 0 amide bonds. The van der Waals surface area contributed by atoms with E-state index in [9.17, 15) is 0 Å². The molecular formula is C14H26O3S4. The maximum absolute atomic E-state index is 5.51. The SMILES string of the molecule is CCCCOC(=S)SCCOCCSC(=S)OCCCC. The summed E-state index contributed by atoms with van der Waals surface area (Å²) in [6.45, 7) is 7.04. The number of unbranched alkanes of at least 4 members (excludes halogenated alkanes) is 2. The molecule has 0 aliphatic rings. The van der Waals surface area contributed by atoms with Crippen LogP contribution in [0.15, 0.2) is 0 Å². The summed E-state index contributed by atoms with van der Waals surface area (Å²) in [7, 11) is 0. The van der Waals surface area contributed by atoms with E-state index < -0.39 is 0 Å². The van der Waals surface area contributed by atoms with Gasteiger partial charge in [-0.3, -0.25) is 0 Å². The number of ether oxygens (including phenoxy) is 3. The number of hydrogen-bond acceptors (Lipinski definition) is 7. The van der Waals surface area contributed by atoms with Crippen LogP contribution in [0.2, 0.25) is 0 Å². The van der Waals surface area contributed by atoms with Gasteiger partial charge in [0.05, 0.1) is 26.4 Å². The second-order valence-corrected chi connectivity index (χ2v) is 7.61. The summed E-state index contributed by atoms with van der Waals surface area (Å²) in [4.78, 5) is 0. The third-order valence-corrected chi connectivity index (χ3v) is 4.72. The average molecular weight is 371 g/mol. The van der Waals surface area contributed by atoms with Crippen LogP contribution in [0.5, 0.6) is 0 Å². The molecule has 0 heterocycles. The van der Waals surface area contributed by atoms with Crippen molar-refractivity contribution in [1.82, 2.24) is 0 Å². The van der Waals surface area contributed by atoms with Gasteiger partial charge in [-0.1, -0.05) is 50.2 Å². The summed E-state index contributed by atoms with van der Waals surface area (Å²) in [5.41, 5.74) is 0. The quantitative estimate of drug-likeness (QED) is 0.364. The first-order valence-corrected chi connectivity index (χ1v) is 10.2. The van der Waals surface area contributed by atoms with Crippen LogP contribution in [0.1, 0.15) is 39.5 Å². The Morgan fingerprint density at radius 1 is 0.762 bits per heavy atom. The van der Waals surface area contributed by atoms with Gasteiger partial charge in [0.1, 0.15) is 0 Å². The highest BCUT2D eigenvalue weighted by Gasteiger charge is 2.00. The number of thioether (sulfide) groups is 2. The van der Waals surface area contributed by atoms with Gasteiger partial charge < -0.3 is 14.2 Å². The van der Waals surface area contributed by atoms with Crippen molar-refractivity contribution in [2.75, 3.05) is 37.9 Å². The first kappa shape index (κ1) is 21.4. The Balaban J connectivity index is 3.24. The zero-order chi connectivity index (χ0) is 15.8. The maximum atomic E-state index is 5.51. The molecule has 0 spiro atoms. The molecule has 0 N–H and O–H groups in total. The molecule has 124 valence electrons. The van der Waals surface area contributed by atoms with E-state index >= 15 is 0 Å². The fourth-order valence-corrected chi connectivity index (χ4v) is 2.89. The van der Waals surface area contributed by atoms with Gasteiger partial charge in [-0.05, 0) is 37.3 Å². The number of thiocarbonyl (C=S) groups is 2. The first-order valence-electron chi connectivity index (χ1n) is 7.37. The fraction of sp³-hybridized carbons (Fsp3) is 0.857. The molecule has 3 nitrogen and oxygen atoms in total. The summed E-state index contributed by atoms with van der Waals surface area (Å²) < 4.78 is 17.5. The minimum absolute atomic E-state index is 0.618. The molecule has 0 bridgehead atoms. The Morgan fingerprint density at radius 2 is 1.19 bits per heavy atom. The average Bonchev–Trinajstić information content (AvgIpc) is 2.47. The standard InChI is InChI=1S/C14H26O3S4/c1-3-5-7-16-13(18)20-11-9-15-10-12-21-14(19)17-8-6-4-2/h3-12H2,1-2H3. The van der Waals surface area contributed by atoms with Gasteiger partial charge in [0.15, 0.2) is 0 Å². The highest BCUT2D eigenvalue weighted by atomic mass is 32.2. The predicted molar refractivity (Wildman–Crippen MR) is 103 cm³/mol. The number of hydrogen-bond donors (Lipinski definition) is 0. The lowest BCUT2D eigenvalue weighted by atomic mass is 10.4. The van der Waals surface area contributed by atoms with Crippen LogP contribution in [0, 0.1) is 0 Å². The van der Waals surface area contributed by atoms with Crippen molar-refractivity contribution in [3.8, 4) is 0 Å². The largest absolute Gasteiger partial charge is 0.479 e.